The summed E-state index contributed by atoms with van der Waals surface area (Å²) in [5, 5.41) is 0. The first-order chi connectivity index (χ1) is 4.76. The van der Waals surface area contributed by atoms with Crippen LogP contribution in [0.15, 0.2) is 0 Å². The van der Waals surface area contributed by atoms with Gasteiger partial charge >= 0.3 is 7.60 Å². The van der Waals surface area contributed by atoms with Gasteiger partial charge in [-0.1, -0.05) is 0 Å². The minimum absolute atomic E-state index is 0.613. The van der Waals surface area contributed by atoms with Crippen LogP contribution in [0.3, 0.4) is 0 Å². The van der Waals surface area contributed by atoms with Crippen LogP contribution in [-0.2, 0) is 9.36 Å². The van der Waals surface area contributed by atoms with Gasteiger partial charge in [0.15, 0.2) is 5.78 Å². The summed E-state index contributed by atoms with van der Waals surface area (Å²) >= 11 is 0. The molecule has 4 N–H and O–H groups in total. The quantitative estimate of drug-likeness (QED) is 0.508. The number of carbonyl (C=O) groups is 1. The van der Waals surface area contributed by atoms with Gasteiger partial charge in [-0.2, -0.15) is 0 Å². The highest BCUT2D eigenvalue weighted by molar-refractivity contribution is 7.53. The summed E-state index contributed by atoms with van der Waals surface area (Å²) in [7, 11) is -4.30. The van der Waals surface area contributed by atoms with Gasteiger partial charge in [0.1, 0.15) is 5.66 Å². The topological polar surface area (TPSA) is 101 Å². The minimum Gasteiger partial charge on any atom is -0.324 e. The van der Waals surface area contributed by atoms with E-state index in [4.69, 9.17) is 15.5 Å². The maximum Gasteiger partial charge on any atom is 0.335 e. The first-order valence-electron chi connectivity index (χ1n) is 3.11. The number of hydrogen-bond acceptors (Lipinski definition) is 3. The average molecular weight is 181 g/mol. The van der Waals surface area contributed by atoms with E-state index in [2.05, 4.69) is 0 Å². The van der Waals surface area contributed by atoms with Gasteiger partial charge in [-0.05, 0) is 13.8 Å². The highest BCUT2D eigenvalue weighted by atomic mass is 31.2. The molecular weight excluding hydrogens is 169 g/mol. The summed E-state index contributed by atoms with van der Waals surface area (Å²) in [6.07, 6.45) is 0. The Labute approximate surface area is 64.8 Å². The first-order valence-corrected chi connectivity index (χ1v) is 4.79. The van der Waals surface area contributed by atoms with Gasteiger partial charge in [0.05, 0.1) is 6.04 Å². The Hall–Kier alpha value is -0.220. The zero-order chi connectivity index (χ0) is 9.23. The number of hydrogen-bond donors (Lipinski definition) is 3. The molecule has 66 valence electrons. The first kappa shape index (κ1) is 10.8. The van der Waals surface area contributed by atoms with Crippen LogP contribution < -0.4 is 5.73 Å². The largest absolute Gasteiger partial charge is 0.335 e. The Balaban J connectivity index is 4.39. The van der Waals surface area contributed by atoms with E-state index in [1.54, 1.807) is 0 Å². The van der Waals surface area contributed by atoms with Gasteiger partial charge in [-0.3, -0.25) is 9.36 Å². The van der Waals surface area contributed by atoms with Crippen molar-refractivity contribution >= 4 is 13.4 Å². The monoisotopic (exact) mass is 181 g/mol. The zero-order valence-corrected chi connectivity index (χ0v) is 7.28. The third kappa shape index (κ3) is 3.12. The van der Waals surface area contributed by atoms with Crippen molar-refractivity contribution < 1.29 is 19.1 Å². The van der Waals surface area contributed by atoms with Crippen molar-refractivity contribution in [1.29, 1.82) is 0 Å². The number of nitrogens with two attached hydrogens (primary N) is 1. The Morgan fingerprint density at radius 2 is 1.82 bits per heavy atom. The van der Waals surface area contributed by atoms with E-state index in [1.165, 1.54) is 13.8 Å². The molecule has 0 spiro atoms. The third-order valence-electron chi connectivity index (χ3n) is 1.37. The van der Waals surface area contributed by atoms with Crippen LogP contribution >= 0.6 is 7.60 Å². The fraction of sp³-hybridized carbons (Fsp3) is 0.800. The Morgan fingerprint density at radius 3 is 1.91 bits per heavy atom. The molecule has 0 fully saturated rings. The van der Waals surface area contributed by atoms with Crippen molar-refractivity contribution in [2.24, 2.45) is 5.73 Å². The minimum atomic E-state index is -4.30. The zero-order valence-electron chi connectivity index (χ0n) is 6.39. The lowest BCUT2D eigenvalue weighted by molar-refractivity contribution is -0.119. The normalized spacial score (nSPS) is 17.5. The number of ketones is 1. The van der Waals surface area contributed by atoms with E-state index in [0.29, 0.717) is 0 Å². The number of Topliss-reactive ketones (excluding diaryl/α,β-unsaturated/α-hetero) is 1. The predicted molar refractivity (Wildman–Crippen MR) is 40.2 cm³/mol. The molecule has 0 saturated heterocycles. The second-order valence-corrected chi connectivity index (χ2v) is 4.41. The fourth-order valence-electron chi connectivity index (χ4n) is 0.546. The molecule has 0 aromatic carbocycles. The molecule has 0 aliphatic heterocycles. The summed E-state index contributed by atoms with van der Waals surface area (Å²) < 4.78 is 10.5. The molecule has 0 aliphatic carbocycles. The summed E-state index contributed by atoms with van der Waals surface area (Å²) in [6.45, 7) is 2.57. The molecule has 0 bridgehead atoms. The highest BCUT2D eigenvalue weighted by Crippen LogP contribution is 2.41. The van der Waals surface area contributed by atoms with Crippen molar-refractivity contribution in [1.82, 2.24) is 0 Å². The molecule has 0 aromatic rings. The lowest BCUT2D eigenvalue weighted by Gasteiger charge is -2.13. The molecule has 1 unspecified atom stereocenters. The smallest absolute Gasteiger partial charge is 0.324 e. The van der Waals surface area contributed by atoms with Gasteiger partial charge in [0.2, 0.25) is 0 Å². The van der Waals surface area contributed by atoms with Crippen LogP contribution in [0.1, 0.15) is 13.8 Å². The van der Waals surface area contributed by atoms with Crippen molar-refractivity contribution in [3.63, 3.8) is 0 Å². The van der Waals surface area contributed by atoms with Crippen molar-refractivity contribution in [2.45, 2.75) is 25.5 Å². The Morgan fingerprint density at radius 1 is 1.45 bits per heavy atom. The van der Waals surface area contributed by atoms with Crippen LogP contribution in [0.25, 0.3) is 0 Å². The molecule has 0 amide bonds. The molecule has 0 radical (unpaired) electrons. The van der Waals surface area contributed by atoms with Crippen LogP contribution in [0.2, 0.25) is 0 Å². The van der Waals surface area contributed by atoms with Gasteiger partial charge in [0, 0.05) is 0 Å². The van der Waals surface area contributed by atoms with E-state index < -0.39 is 25.1 Å². The van der Waals surface area contributed by atoms with E-state index in [9.17, 15) is 9.36 Å². The van der Waals surface area contributed by atoms with Crippen molar-refractivity contribution in [3.8, 4) is 0 Å². The molecule has 11 heavy (non-hydrogen) atoms. The van der Waals surface area contributed by atoms with Crippen LogP contribution in [0.4, 0.5) is 0 Å². The van der Waals surface area contributed by atoms with Gasteiger partial charge in [-0.25, -0.2) is 0 Å². The molecule has 0 aliphatic rings. The average Bonchev–Trinajstić information content (AvgIpc) is 1.82. The molecule has 0 rings (SSSR count). The van der Waals surface area contributed by atoms with Crippen LogP contribution in [0, 0.1) is 0 Å². The summed E-state index contributed by atoms with van der Waals surface area (Å²) in [6, 6.07) is -0.822. The molecule has 6 heteroatoms. The maximum absolute atomic E-state index is 10.9. The molecule has 5 nitrogen and oxygen atoms in total. The van der Waals surface area contributed by atoms with Gasteiger partial charge in [-0.15, -0.1) is 0 Å². The summed E-state index contributed by atoms with van der Waals surface area (Å²) in [5.74, 6) is -0.613. The SMILES string of the molecule is CC(C(=O)[C@@H](C)N)P(=O)(O)O. The van der Waals surface area contributed by atoms with Crippen molar-refractivity contribution in [3.05, 3.63) is 0 Å². The van der Waals surface area contributed by atoms with E-state index >= 15 is 0 Å². The second-order valence-electron chi connectivity index (χ2n) is 2.46. The standard InChI is InChI=1S/C5H12NO4P/c1-3(6)5(7)4(2)11(8,9)10/h3-4H,6H2,1-2H3,(H2,8,9,10)/t3-,4?/m1/s1. The Bertz CT molecular complexity index is 197. The molecule has 2 atom stereocenters. The summed E-state index contributed by atoms with van der Waals surface area (Å²) in [4.78, 5) is 28.0. The fourth-order valence-corrected chi connectivity index (χ4v) is 1.11. The van der Waals surface area contributed by atoms with Gasteiger partial charge in [0.25, 0.3) is 0 Å². The number of carbonyl (C=O) groups excluding carboxylic acids is 1. The second kappa shape index (κ2) is 3.45. The van der Waals surface area contributed by atoms with E-state index in [1.807, 2.05) is 0 Å². The lowest BCUT2D eigenvalue weighted by Crippen LogP contribution is -2.34. The summed E-state index contributed by atoms with van der Waals surface area (Å²) in [5.41, 5.74) is 3.85. The van der Waals surface area contributed by atoms with Crippen LogP contribution in [-0.4, -0.2) is 27.3 Å². The van der Waals surface area contributed by atoms with Crippen molar-refractivity contribution in [2.75, 3.05) is 0 Å². The lowest BCUT2D eigenvalue weighted by atomic mass is 10.2. The van der Waals surface area contributed by atoms with Crippen LogP contribution in [0.5, 0.6) is 0 Å². The molecule has 0 aromatic heterocycles. The number of rotatable bonds is 3. The maximum atomic E-state index is 10.9. The Kier molecular flexibility index (Phi) is 3.38. The third-order valence-corrected chi connectivity index (χ3v) is 2.63. The highest BCUT2D eigenvalue weighted by Gasteiger charge is 2.32. The van der Waals surface area contributed by atoms with E-state index in [0.717, 1.165) is 0 Å². The van der Waals surface area contributed by atoms with Gasteiger partial charge < -0.3 is 15.5 Å². The van der Waals surface area contributed by atoms with E-state index in [-0.39, 0.29) is 0 Å². The predicted octanol–water partition coefficient (Wildman–Crippen LogP) is -0.531. The molecule has 0 heterocycles. The molecule has 0 saturated carbocycles. The molecular formula is C5H12NO4P.